The van der Waals surface area contributed by atoms with Gasteiger partial charge >= 0.3 is 0 Å². The highest BCUT2D eigenvalue weighted by molar-refractivity contribution is 7.99. The zero-order chi connectivity index (χ0) is 23.1. The maximum Gasteiger partial charge on any atom is 0.265 e. The number of ketones is 1. The van der Waals surface area contributed by atoms with Crippen molar-refractivity contribution < 1.29 is 14.3 Å². The third-order valence-corrected chi connectivity index (χ3v) is 7.22. The van der Waals surface area contributed by atoms with Gasteiger partial charge in [-0.15, -0.1) is 11.3 Å². The highest BCUT2D eigenvalue weighted by Crippen LogP contribution is 2.36. The number of nitrogens with zero attached hydrogens (tertiary/aromatic N) is 1. The van der Waals surface area contributed by atoms with E-state index in [0.29, 0.717) is 32.4 Å². The lowest BCUT2D eigenvalue weighted by atomic mass is 10.0. The zero-order valence-electron chi connectivity index (χ0n) is 17.8. The Kier molecular flexibility index (Phi) is 5.51. The van der Waals surface area contributed by atoms with Gasteiger partial charge in [-0.05, 0) is 37.6 Å². The maximum absolute atomic E-state index is 12.9. The number of thioether (sulfide) groups is 1. The Bertz CT molecular complexity index is 1460. The molecule has 0 saturated carbocycles. The summed E-state index contributed by atoms with van der Waals surface area (Å²) in [6, 6.07) is 14.7. The van der Waals surface area contributed by atoms with Crippen LogP contribution >= 0.6 is 23.1 Å². The molecular weight excluding hydrogens is 458 g/mol. The molecule has 7 nitrogen and oxygen atoms in total. The SMILES string of the molecule is Cc1sc2nc(SCC(=O)c3ccc4c(c3)NC(=O)C(C)O4)[nH]c(=O)c2c1-c1ccccc1. The topological polar surface area (TPSA) is 101 Å². The Morgan fingerprint density at radius 2 is 1.97 bits per heavy atom. The molecule has 9 heteroatoms. The first-order valence-corrected chi connectivity index (χ1v) is 12.1. The second-order valence-corrected chi connectivity index (χ2v) is 9.79. The largest absolute Gasteiger partial charge is 0.479 e. The normalized spacial score (nSPS) is 15.1. The number of carbonyl (C=O) groups excluding carboxylic acids is 2. The summed E-state index contributed by atoms with van der Waals surface area (Å²) in [6.07, 6.45) is -0.573. The van der Waals surface area contributed by atoms with Crippen molar-refractivity contribution in [2.24, 2.45) is 0 Å². The van der Waals surface area contributed by atoms with E-state index in [-0.39, 0.29) is 23.0 Å². The van der Waals surface area contributed by atoms with Gasteiger partial charge in [-0.1, -0.05) is 42.1 Å². The van der Waals surface area contributed by atoms with Crippen LogP contribution in [0.1, 0.15) is 22.2 Å². The molecule has 0 radical (unpaired) electrons. The van der Waals surface area contributed by atoms with Gasteiger partial charge in [0.1, 0.15) is 10.6 Å². The molecule has 2 N–H and O–H groups in total. The van der Waals surface area contributed by atoms with Crippen molar-refractivity contribution in [2.45, 2.75) is 25.1 Å². The molecular formula is C24H19N3O4S2. The number of fused-ring (bicyclic) bond motifs is 2. The summed E-state index contributed by atoms with van der Waals surface area (Å²) in [5, 5.41) is 3.71. The highest BCUT2D eigenvalue weighted by Gasteiger charge is 2.24. The minimum absolute atomic E-state index is 0.0916. The smallest absolute Gasteiger partial charge is 0.265 e. The van der Waals surface area contributed by atoms with Crippen molar-refractivity contribution in [3.63, 3.8) is 0 Å². The molecule has 4 aromatic rings. The Balaban J connectivity index is 1.37. The number of ether oxygens (including phenoxy) is 1. The lowest BCUT2D eigenvalue weighted by molar-refractivity contribution is -0.122. The molecule has 0 saturated heterocycles. The number of hydrogen-bond donors (Lipinski definition) is 2. The summed E-state index contributed by atoms with van der Waals surface area (Å²) in [4.78, 5) is 46.6. The summed E-state index contributed by atoms with van der Waals surface area (Å²) in [5.74, 6) is 0.224. The molecule has 1 amide bonds. The third kappa shape index (κ3) is 4.05. The number of carbonyl (C=O) groups is 2. The van der Waals surface area contributed by atoms with Gasteiger partial charge in [0.25, 0.3) is 11.5 Å². The van der Waals surface area contributed by atoms with Crippen LogP contribution in [0.5, 0.6) is 5.75 Å². The number of anilines is 1. The number of hydrogen-bond acceptors (Lipinski definition) is 7. The van der Waals surface area contributed by atoms with Gasteiger partial charge < -0.3 is 15.0 Å². The van der Waals surface area contributed by atoms with E-state index in [4.69, 9.17) is 4.74 Å². The van der Waals surface area contributed by atoms with Crippen molar-refractivity contribution in [3.05, 3.63) is 69.3 Å². The van der Waals surface area contributed by atoms with E-state index in [2.05, 4.69) is 15.3 Å². The zero-order valence-corrected chi connectivity index (χ0v) is 19.4. The summed E-state index contributed by atoms with van der Waals surface area (Å²) < 4.78 is 5.53. The second-order valence-electron chi connectivity index (χ2n) is 7.62. The Morgan fingerprint density at radius 1 is 1.18 bits per heavy atom. The van der Waals surface area contributed by atoms with Gasteiger partial charge in [-0.2, -0.15) is 0 Å². The number of amides is 1. The van der Waals surface area contributed by atoms with Gasteiger partial charge in [0.15, 0.2) is 17.0 Å². The van der Waals surface area contributed by atoms with Crippen molar-refractivity contribution in [2.75, 3.05) is 11.1 Å². The Labute approximate surface area is 197 Å². The van der Waals surface area contributed by atoms with Crippen molar-refractivity contribution in [3.8, 4) is 16.9 Å². The van der Waals surface area contributed by atoms with E-state index in [1.54, 1.807) is 25.1 Å². The molecule has 2 aromatic carbocycles. The number of Topliss-reactive ketones (excluding diaryl/α,β-unsaturated/α-hetero) is 1. The predicted octanol–water partition coefficient (Wildman–Crippen LogP) is 4.65. The summed E-state index contributed by atoms with van der Waals surface area (Å²) in [5.41, 5.74) is 2.57. The average molecular weight is 478 g/mol. The fourth-order valence-corrected chi connectivity index (χ4v) is 5.58. The molecule has 1 aliphatic heterocycles. The van der Waals surface area contributed by atoms with Crippen LogP contribution < -0.4 is 15.6 Å². The van der Waals surface area contributed by atoms with Crippen LogP contribution in [0, 0.1) is 6.92 Å². The summed E-state index contributed by atoms with van der Waals surface area (Å²) >= 11 is 2.64. The van der Waals surface area contributed by atoms with Gasteiger partial charge in [0.05, 0.1) is 16.8 Å². The monoisotopic (exact) mass is 477 g/mol. The van der Waals surface area contributed by atoms with E-state index in [1.165, 1.54) is 23.1 Å². The second kappa shape index (κ2) is 8.49. The summed E-state index contributed by atoms with van der Waals surface area (Å²) in [7, 11) is 0. The number of aromatic amines is 1. The molecule has 0 bridgehead atoms. The molecule has 1 unspecified atom stereocenters. The quantitative estimate of drug-likeness (QED) is 0.246. The maximum atomic E-state index is 12.9. The van der Waals surface area contributed by atoms with Crippen LogP contribution in [0.2, 0.25) is 0 Å². The van der Waals surface area contributed by atoms with E-state index < -0.39 is 6.10 Å². The van der Waals surface area contributed by atoms with Crippen LogP contribution in [-0.4, -0.2) is 33.5 Å². The molecule has 166 valence electrons. The van der Waals surface area contributed by atoms with Crippen LogP contribution in [0.3, 0.4) is 0 Å². The number of rotatable bonds is 5. The van der Waals surface area contributed by atoms with Gasteiger partial charge in [-0.3, -0.25) is 14.4 Å². The van der Waals surface area contributed by atoms with Crippen LogP contribution in [0.15, 0.2) is 58.5 Å². The highest BCUT2D eigenvalue weighted by atomic mass is 32.2. The van der Waals surface area contributed by atoms with Crippen molar-refractivity contribution in [1.29, 1.82) is 0 Å². The minimum atomic E-state index is -0.573. The number of H-pyrrole nitrogens is 1. The lowest BCUT2D eigenvalue weighted by Gasteiger charge is -2.23. The first-order valence-electron chi connectivity index (χ1n) is 10.3. The number of thiophene rings is 1. The molecule has 5 rings (SSSR count). The van der Waals surface area contributed by atoms with Gasteiger partial charge in [0, 0.05) is 16.0 Å². The number of aryl methyl sites for hydroxylation is 1. The minimum Gasteiger partial charge on any atom is -0.479 e. The van der Waals surface area contributed by atoms with Crippen LogP contribution in [0.25, 0.3) is 21.3 Å². The molecule has 1 atom stereocenters. The van der Waals surface area contributed by atoms with Gasteiger partial charge in [0.2, 0.25) is 0 Å². The lowest BCUT2D eigenvalue weighted by Crippen LogP contribution is -2.34. The first kappa shape index (κ1) is 21.4. The molecule has 0 fully saturated rings. The van der Waals surface area contributed by atoms with Gasteiger partial charge in [-0.25, -0.2) is 4.98 Å². The molecule has 2 aromatic heterocycles. The molecule has 0 spiro atoms. The summed E-state index contributed by atoms with van der Waals surface area (Å²) in [6.45, 7) is 3.64. The third-order valence-electron chi connectivity index (χ3n) is 5.35. The Morgan fingerprint density at radius 3 is 2.76 bits per heavy atom. The molecule has 33 heavy (non-hydrogen) atoms. The van der Waals surface area contributed by atoms with Crippen LogP contribution in [-0.2, 0) is 4.79 Å². The van der Waals surface area contributed by atoms with E-state index in [0.717, 1.165) is 16.0 Å². The molecule has 3 heterocycles. The van der Waals surface area contributed by atoms with E-state index >= 15 is 0 Å². The fraction of sp³-hybridized carbons (Fsp3) is 0.167. The number of aromatic nitrogens is 2. The molecule has 0 aliphatic carbocycles. The van der Waals surface area contributed by atoms with E-state index in [1.807, 2.05) is 37.3 Å². The predicted molar refractivity (Wildman–Crippen MR) is 131 cm³/mol. The standard InChI is InChI=1S/C24H19N3O4S2/c1-12-21(29)25-16-10-15(8-9-18(16)31-12)17(28)11-32-24-26-22(30)20-19(13(2)33-23(20)27-24)14-6-4-3-5-7-14/h3-10,12H,11H2,1-2H3,(H,25,29)(H,26,27,30). The van der Waals surface area contributed by atoms with Crippen molar-refractivity contribution in [1.82, 2.24) is 9.97 Å². The molecule has 1 aliphatic rings. The fourth-order valence-electron chi connectivity index (χ4n) is 3.72. The number of benzene rings is 2. The average Bonchev–Trinajstić information content (AvgIpc) is 3.14. The van der Waals surface area contributed by atoms with Crippen LogP contribution in [0.4, 0.5) is 5.69 Å². The first-order chi connectivity index (χ1) is 15.9. The van der Waals surface area contributed by atoms with Crippen molar-refractivity contribution >= 4 is 50.7 Å². The van der Waals surface area contributed by atoms with E-state index in [9.17, 15) is 14.4 Å². The number of nitrogens with one attached hydrogen (secondary N) is 2. The Hall–Kier alpha value is -3.43.